The molecule has 0 radical (unpaired) electrons. The largest absolute Gasteiger partial charge is 0.493 e. The topological polar surface area (TPSA) is 51.2 Å². The van der Waals surface area contributed by atoms with E-state index in [1.165, 1.54) is 23.0 Å². The van der Waals surface area contributed by atoms with Crippen LogP contribution in [-0.2, 0) is 4.79 Å². The molecule has 160 valence electrons. The van der Waals surface area contributed by atoms with Crippen LogP contribution < -0.4 is 10.1 Å². The lowest BCUT2D eigenvalue weighted by Gasteiger charge is -2.07. The van der Waals surface area contributed by atoms with Crippen molar-refractivity contribution in [1.82, 2.24) is 4.98 Å². The van der Waals surface area contributed by atoms with Crippen molar-refractivity contribution in [2.24, 2.45) is 0 Å². The monoisotopic (exact) mass is 504 g/mol. The van der Waals surface area contributed by atoms with Gasteiger partial charge in [-0.1, -0.05) is 70.5 Å². The van der Waals surface area contributed by atoms with Crippen LogP contribution in [0, 0.1) is 0 Å². The normalized spacial score (nSPS) is 10.9. The maximum absolute atomic E-state index is 12.4. The highest BCUT2D eigenvalue weighted by Crippen LogP contribution is 2.28. The van der Waals surface area contributed by atoms with E-state index < -0.39 is 0 Å². The first-order valence-corrected chi connectivity index (χ1v) is 11.8. The SMILES string of the molecule is CCOc1ccc(Br)cc1/C=C/C(=O)Nc1nc(-c2ccc(-c3ccccc3)cc2)cs1. The third-order valence-electron chi connectivity index (χ3n) is 4.71. The van der Waals surface area contributed by atoms with Crippen LogP contribution in [0.25, 0.3) is 28.5 Å². The predicted molar refractivity (Wildman–Crippen MR) is 136 cm³/mol. The Labute approximate surface area is 199 Å². The Kier molecular flexibility index (Phi) is 7.14. The second kappa shape index (κ2) is 10.4. The summed E-state index contributed by atoms with van der Waals surface area (Å²) in [6.07, 6.45) is 3.22. The van der Waals surface area contributed by atoms with Crippen LogP contribution in [-0.4, -0.2) is 17.5 Å². The summed E-state index contributed by atoms with van der Waals surface area (Å²) in [5.74, 6) is 0.489. The number of hydrogen-bond donors (Lipinski definition) is 1. The van der Waals surface area contributed by atoms with Gasteiger partial charge in [-0.2, -0.15) is 0 Å². The minimum absolute atomic E-state index is 0.243. The van der Waals surface area contributed by atoms with Gasteiger partial charge in [-0.05, 0) is 42.3 Å². The molecule has 6 heteroatoms. The first-order chi connectivity index (χ1) is 15.6. The number of halogens is 1. The summed E-state index contributed by atoms with van der Waals surface area (Å²) in [5, 5.41) is 5.33. The molecule has 0 spiro atoms. The standard InChI is InChI=1S/C26H21BrN2O2S/c1-2-31-24-14-13-22(27)16-21(24)12-15-25(30)29-26-28-23(17-32-26)20-10-8-19(9-11-20)18-6-4-3-5-7-18/h3-17H,2H2,1H3,(H,28,29,30)/b15-12+. The van der Waals surface area contributed by atoms with E-state index >= 15 is 0 Å². The quantitative estimate of drug-likeness (QED) is 0.269. The average molecular weight is 505 g/mol. The fraction of sp³-hybridized carbons (Fsp3) is 0.0769. The highest BCUT2D eigenvalue weighted by Gasteiger charge is 2.08. The zero-order valence-electron chi connectivity index (χ0n) is 17.4. The third-order valence-corrected chi connectivity index (χ3v) is 5.96. The number of aromatic nitrogens is 1. The van der Waals surface area contributed by atoms with Crippen LogP contribution in [0.2, 0.25) is 0 Å². The number of amides is 1. The molecule has 3 aromatic carbocycles. The molecule has 0 saturated heterocycles. The Bertz CT molecular complexity index is 1230. The van der Waals surface area contributed by atoms with E-state index in [2.05, 4.69) is 50.5 Å². The summed E-state index contributed by atoms with van der Waals surface area (Å²) in [6.45, 7) is 2.49. The Balaban J connectivity index is 1.43. The van der Waals surface area contributed by atoms with Crippen LogP contribution in [0.1, 0.15) is 12.5 Å². The zero-order chi connectivity index (χ0) is 22.3. The molecule has 1 N–H and O–H groups in total. The van der Waals surface area contributed by atoms with Gasteiger partial charge in [0.2, 0.25) is 5.91 Å². The Morgan fingerprint density at radius 3 is 2.50 bits per heavy atom. The van der Waals surface area contributed by atoms with Crippen LogP contribution in [0.15, 0.2) is 88.7 Å². The van der Waals surface area contributed by atoms with Gasteiger partial charge in [0.15, 0.2) is 5.13 Å². The van der Waals surface area contributed by atoms with Gasteiger partial charge in [0, 0.05) is 27.1 Å². The number of nitrogens with zero attached hydrogens (tertiary/aromatic N) is 1. The molecule has 0 bridgehead atoms. The van der Waals surface area contributed by atoms with E-state index in [9.17, 15) is 4.79 Å². The average Bonchev–Trinajstić information content (AvgIpc) is 3.28. The molecule has 4 rings (SSSR count). The molecule has 0 unspecified atom stereocenters. The Hall–Kier alpha value is -3.22. The Morgan fingerprint density at radius 2 is 1.75 bits per heavy atom. The van der Waals surface area contributed by atoms with E-state index in [4.69, 9.17) is 4.74 Å². The second-order valence-corrected chi connectivity index (χ2v) is 8.69. The van der Waals surface area contributed by atoms with Gasteiger partial charge in [-0.15, -0.1) is 11.3 Å². The summed E-state index contributed by atoms with van der Waals surface area (Å²) >= 11 is 4.85. The lowest BCUT2D eigenvalue weighted by Crippen LogP contribution is -2.07. The van der Waals surface area contributed by atoms with Crippen molar-refractivity contribution in [2.75, 3.05) is 11.9 Å². The van der Waals surface area contributed by atoms with Crippen LogP contribution in [0.3, 0.4) is 0 Å². The van der Waals surface area contributed by atoms with Crippen LogP contribution in [0.4, 0.5) is 5.13 Å². The van der Waals surface area contributed by atoms with Gasteiger partial charge in [0.25, 0.3) is 0 Å². The van der Waals surface area contributed by atoms with Crippen molar-refractivity contribution in [3.63, 3.8) is 0 Å². The van der Waals surface area contributed by atoms with Crippen molar-refractivity contribution in [3.05, 3.63) is 94.3 Å². The van der Waals surface area contributed by atoms with E-state index in [1.54, 1.807) is 6.08 Å². The van der Waals surface area contributed by atoms with E-state index in [-0.39, 0.29) is 5.91 Å². The number of nitrogens with one attached hydrogen (secondary N) is 1. The van der Waals surface area contributed by atoms with E-state index in [0.29, 0.717) is 11.7 Å². The molecule has 1 aromatic heterocycles. The molecule has 0 aliphatic carbocycles. The fourth-order valence-electron chi connectivity index (χ4n) is 3.18. The molecule has 4 aromatic rings. The summed E-state index contributed by atoms with van der Waals surface area (Å²) < 4.78 is 6.54. The lowest BCUT2D eigenvalue weighted by atomic mass is 10.0. The molecule has 0 aliphatic heterocycles. The van der Waals surface area contributed by atoms with E-state index in [1.807, 2.05) is 60.8 Å². The molecule has 32 heavy (non-hydrogen) atoms. The number of thiazole rings is 1. The molecular weight excluding hydrogens is 484 g/mol. The summed E-state index contributed by atoms with van der Waals surface area (Å²) in [5.41, 5.74) is 5.00. The van der Waals surface area contributed by atoms with Gasteiger partial charge in [-0.25, -0.2) is 4.98 Å². The first-order valence-electron chi connectivity index (χ1n) is 10.1. The highest BCUT2D eigenvalue weighted by molar-refractivity contribution is 9.10. The fourth-order valence-corrected chi connectivity index (χ4v) is 4.28. The molecular formula is C26H21BrN2O2S. The number of rotatable bonds is 7. The molecule has 1 amide bonds. The van der Waals surface area contributed by atoms with Crippen molar-refractivity contribution in [2.45, 2.75) is 6.92 Å². The van der Waals surface area contributed by atoms with Crippen molar-refractivity contribution in [1.29, 1.82) is 0 Å². The summed E-state index contributed by atoms with van der Waals surface area (Å²) in [7, 11) is 0. The van der Waals surface area contributed by atoms with Gasteiger partial charge in [-0.3, -0.25) is 10.1 Å². The number of anilines is 1. The van der Waals surface area contributed by atoms with Crippen molar-refractivity contribution < 1.29 is 9.53 Å². The molecule has 0 saturated carbocycles. The third kappa shape index (κ3) is 5.52. The molecule has 4 nitrogen and oxygen atoms in total. The van der Waals surface area contributed by atoms with Gasteiger partial charge < -0.3 is 4.74 Å². The van der Waals surface area contributed by atoms with Crippen molar-refractivity contribution in [3.8, 4) is 28.1 Å². The second-order valence-electron chi connectivity index (χ2n) is 6.92. The number of carbonyl (C=O) groups is 1. The minimum Gasteiger partial charge on any atom is -0.493 e. The minimum atomic E-state index is -0.243. The molecule has 1 heterocycles. The lowest BCUT2D eigenvalue weighted by molar-refractivity contribution is -0.111. The Morgan fingerprint density at radius 1 is 1.03 bits per heavy atom. The van der Waals surface area contributed by atoms with Gasteiger partial charge in [0.05, 0.1) is 12.3 Å². The molecule has 0 fully saturated rings. The number of hydrogen-bond acceptors (Lipinski definition) is 4. The number of carbonyl (C=O) groups excluding carboxylic acids is 1. The summed E-state index contributed by atoms with van der Waals surface area (Å²) in [6, 6.07) is 24.2. The number of benzene rings is 3. The van der Waals surface area contributed by atoms with Crippen molar-refractivity contribution >= 4 is 44.4 Å². The van der Waals surface area contributed by atoms with Crippen LogP contribution >= 0.6 is 27.3 Å². The predicted octanol–water partition coefficient (Wildman–Crippen LogP) is 7.29. The number of ether oxygens (including phenoxy) is 1. The van der Waals surface area contributed by atoms with E-state index in [0.717, 1.165) is 32.6 Å². The van der Waals surface area contributed by atoms with Gasteiger partial charge in [0.1, 0.15) is 5.75 Å². The maximum Gasteiger partial charge on any atom is 0.250 e. The first kappa shape index (κ1) is 22.0. The summed E-state index contributed by atoms with van der Waals surface area (Å²) in [4.78, 5) is 17.0. The smallest absolute Gasteiger partial charge is 0.250 e. The maximum atomic E-state index is 12.4. The zero-order valence-corrected chi connectivity index (χ0v) is 19.8. The molecule has 0 aliphatic rings. The van der Waals surface area contributed by atoms with Gasteiger partial charge >= 0.3 is 0 Å². The molecule has 0 atom stereocenters. The highest BCUT2D eigenvalue weighted by atomic mass is 79.9. The van der Waals surface area contributed by atoms with Crippen LogP contribution in [0.5, 0.6) is 5.75 Å².